The molecule has 0 aliphatic rings. The first kappa shape index (κ1) is 18.4. The van der Waals surface area contributed by atoms with Crippen molar-refractivity contribution in [2.45, 2.75) is 18.6 Å². The van der Waals surface area contributed by atoms with Gasteiger partial charge in [-0.2, -0.15) is 0 Å². The molecule has 7 heteroatoms. The van der Waals surface area contributed by atoms with E-state index in [-0.39, 0.29) is 24.9 Å². The SMILES string of the molecule is Cl.N[C@@H](c1c(F)c(F)cc(F)c1F)[C@H](O)Cc1ccccc1. The van der Waals surface area contributed by atoms with Crippen LogP contribution in [0.15, 0.2) is 36.4 Å². The highest BCUT2D eigenvalue weighted by molar-refractivity contribution is 5.85. The average molecular weight is 336 g/mol. The Morgan fingerprint density at radius 1 is 0.955 bits per heavy atom. The molecule has 2 aromatic rings. The number of aliphatic hydroxyl groups is 1. The van der Waals surface area contributed by atoms with Gasteiger partial charge in [-0.1, -0.05) is 30.3 Å². The molecular weight excluding hydrogens is 322 g/mol. The Morgan fingerprint density at radius 2 is 1.45 bits per heavy atom. The maximum Gasteiger partial charge on any atom is 0.166 e. The van der Waals surface area contributed by atoms with Crippen LogP contribution in [0, 0.1) is 23.3 Å². The van der Waals surface area contributed by atoms with Crippen LogP contribution >= 0.6 is 12.4 Å². The largest absolute Gasteiger partial charge is 0.391 e. The van der Waals surface area contributed by atoms with Gasteiger partial charge in [0.15, 0.2) is 23.3 Å². The zero-order valence-corrected chi connectivity index (χ0v) is 12.1. The van der Waals surface area contributed by atoms with Crippen LogP contribution in [0.1, 0.15) is 17.2 Å². The molecule has 0 saturated carbocycles. The van der Waals surface area contributed by atoms with Crippen molar-refractivity contribution in [1.29, 1.82) is 0 Å². The Morgan fingerprint density at radius 3 is 1.95 bits per heavy atom. The molecule has 0 bridgehead atoms. The quantitative estimate of drug-likeness (QED) is 0.665. The molecule has 2 aromatic carbocycles. The lowest BCUT2D eigenvalue weighted by Gasteiger charge is -2.20. The van der Waals surface area contributed by atoms with Crippen molar-refractivity contribution >= 4 is 12.4 Å². The second-order valence-corrected chi connectivity index (χ2v) is 4.66. The van der Waals surface area contributed by atoms with Gasteiger partial charge < -0.3 is 10.8 Å². The lowest BCUT2D eigenvalue weighted by Crippen LogP contribution is -2.30. The van der Waals surface area contributed by atoms with Crippen LogP contribution in [0.4, 0.5) is 17.6 Å². The molecule has 0 fully saturated rings. The standard InChI is InChI=1S/C15H13F4NO.ClH/c16-9-7-10(17)14(19)12(13(9)18)15(20)11(21)6-8-4-2-1-3-5-8;/h1-5,7,11,15,21H,6,20H2;1H/t11-,15-;/m1./s1. The minimum Gasteiger partial charge on any atom is -0.391 e. The van der Waals surface area contributed by atoms with Crippen LogP contribution in [0.2, 0.25) is 0 Å². The molecule has 0 aromatic heterocycles. The highest BCUT2D eigenvalue weighted by Crippen LogP contribution is 2.27. The van der Waals surface area contributed by atoms with Crippen molar-refractivity contribution < 1.29 is 22.7 Å². The van der Waals surface area contributed by atoms with Gasteiger partial charge in [-0.05, 0) is 5.56 Å². The zero-order chi connectivity index (χ0) is 15.6. The fraction of sp³-hybridized carbons (Fsp3) is 0.200. The van der Waals surface area contributed by atoms with Crippen LogP contribution in [0.3, 0.4) is 0 Å². The molecule has 0 amide bonds. The predicted octanol–water partition coefficient (Wildman–Crippen LogP) is 3.27. The third kappa shape index (κ3) is 3.76. The first-order valence-electron chi connectivity index (χ1n) is 6.22. The second kappa shape index (κ2) is 7.58. The fourth-order valence-electron chi connectivity index (χ4n) is 2.06. The first-order valence-corrected chi connectivity index (χ1v) is 6.22. The maximum atomic E-state index is 13.6. The third-order valence-electron chi connectivity index (χ3n) is 3.18. The molecule has 2 nitrogen and oxygen atoms in total. The van der Waals surface area contributed by atoms with Gasteiger partial charge in [0.2, 0.25) is 0 Å². The van der Waals surface area contributed by atoms with Crippen LogP contribution in [0.25, 0.3) is 0 Å². The number of aliphatic hydroxyl groups excluding tert-OH is 1. The summed E-state index contributed by atoms with van der Waals surface area (Å²) in [5.41, 5.74) is 5.25. The van der Waals surface area contributed by atoms with E-state index in [1.807, 2.05) is 0 Å². The van der Waals surface area contributed by atoms with Gasteiger partial charge in [-0.15, -0.1) is 12.4 Å². The van der Waals surface area contributed by atoms with E-state index >= 15 is 0 Å². The number of halogens is 5. The van der Waals surface area contributed by atoms with Crippen LogP contribution in [-0.2, 0) is 6.42 Å². The molecular formula is C15H14ClF4NO. The van der Waals surface area contributed by atoms with E-state index in [2.05, 4.69) is 0 Å². The average Bonchev–Trinajstić information content (AvgIpc) is 2.46. The molecule has 22 heavy (non-hydrogen) atoms. The Kier molecular flexibility index (Phi) is 6.34. The lowest BCUT2D eigenvalue weighted by molar-refractivity contribution is 0.140. The van der Waals surface area contributed by atoms with Crippen molar-refractivity contribution in [3.63, 3.8) is 0 Å². The topological polar surface area (TPSA) is 46.2 Å². The molecule has 0 saturated heterocycles. The van der Waals surface area contributed by atoms with Gasteiger partial charge >= 0.3 is 0 Å². The Bertz CT molecular complexity index is 613. The smallest absolute Gasteiger partial charge is 0.166 e. The number of nitrogens with two attached hydrogens (primary N) is 1. The van der Waals surface area contributed by atoms with Crippen molar-refractivity contribution in [2.75, 3.05) is 0 Å². The summed E-state index contributed by atoms with van der Waals surface area (Å²) in [6, 6.07) is 7.09. The summed E-state index contributed by atoms with van der Waals surface area (Å²) in [5.74, 6) is -6.28. The molecule has 0 radical (unpaired) electrons. The van der Waals surface area contributed by atoms with Crippen LogP contribution in [-0.4, -0.2) is 11.2 Å². The van der Waals surface area contributed by atoms with E-state index in [1.165, 1.54) is 0 Å². The van der Waals surface area contributed by atoms with Gasteiger partial charge in [0.05, 0.1) is 12.1 Å². The van der Waals surface area contributed by atoms with E-state index in [1.54, 1.807) is 30.3 Å². The maximum absolute atomic E-state index is 13.6. The van der Waals surface area contributed by atoms with Crippen LogP contribution < -0.4 is 5.73 Å². The van der Waals surface area contributed by atoms with Crippen molar-refractivity contribution in [1.82, 2.24) is 0 Å². The summed E-state index contributed by atoms with van der Waals surface area (Å²) in [4.78, 5) is 0. The van der Waals surface area contributed by atoms with Crippen molar-refractivity contribution in [3.05, 3.63) is 70.8 Å². The van der Waals surface area contributed by atoms with E-state index < -0.39 is 41.0 Å². The minimum atomic E-state index is -1.59. The highest BCUT2D eigenvalue weighted by Gasteiger charge is 2.28. The Balaban J connectivity index is 0.00000242. The number of benzene rings is 2. The molecule has 0 spiro atoms. The molecule has 2 atom stereocenters. The van der Waals surface area contributed by atoms with Gasteiger partial charge in [-0.25, -0.2) is 17.6 Å². The molecule has 3 N–H and O–H groups in total. The van der Waals surface area contributed by atoms with E-state index in [4.69, 9.17) is 5.73 Å². The Hall–Kier alpha value is -1.63. The molecule has 0 aliphatic heterocycles. The van der Waals surface area contributed by atoms with Crippen molar-refractivity contribution in [2.24, 2.45) is 5.73 Å². The van der Waals surface area contributed by atoms with Gasteiger partial charge in [0.25, 0.3) is 0 Å². The molecule has 0 aliphatic carbocycles. The van der Waals surface area contributed by atoms with E-state index in [9.17, 15) is 22.7 Å². The predicted molar refractivity (Wildman–Crippen MR) is 76.6 cm³/mol. The molecule has 2 rings (SSSR count). The van der Waals surface area contributed by atoms with E-state index in [0.717, 1.165) is 0 Å². The summed E-state index contributed by atoms with van der Waals surface area (Å²) in [7, 11) is 0. The highest BCUT2D eigenvalue weighted by atomic mass is 35.5. The van der Waals surface area contributed by atoms with Crippen LogP contribution in [0.5, 0.6) is 0 Å². The summed E-state index contributed by atoms with van der Waals surface area (Å²) >= 11 is 0. The number of rotatable bonds is 4. The third-order valence-corrected chi connectivity index (χ3v) is 3.18. The summed E-state index contributed by atoms with van der Waals surface area (Å²) in [6.07, 6.45) is -1.39. The van der Waals surface area contributed by atoms with Crippen molar-refractivity contribution in [3.8, 4) is 0 Å². The lowest BCUT2D eigenvalue weighted by atomic mass is 9.95. The Labute approximate surface area is 131 Å². The number of hydrogen-bond donors (Lipinski definition) is 2. The molecule has 0 heterocycles. The molecule has 120 valence electrons. The zero-order valence-electron chi connectivity index (χ0n) is 11.3. The normalized spacial score (nSPS) is 13.4. The second-order valence-electron chi connectivity index (χ2n) is 4.66. The monoisotopic (exact) mass is 335 g/mol. The van der Waals surface area contributed by atoms with Gasteiger partial charge in [0, 0.05) is 18.1 Å². The number of hydrogen-bond acceptors (Lipinski definition) is 2. The van der Waals surface area contributed by atoms with E-state index in [0.29, 0.717) is 5.56 Å². The van der Waals surface area contributed by atoms with Gasteiger partial charge in [0.1, 0.15) is 0 Å². The first-order chi connectivity index (χ1) is 9.91. The summed E-state index contributed by atoms with van der Waals surface area (Å²) in [5, 5.41) is 9.95. The fourth-order valence-corrected chi connectivity index (χ4v) is 2.06. The van der Waals surface area contributed by atoms with Gasteiger partial charge in [-0.3, -0.25) is 0 Å². The summed E-state index contributed by atoms with van der Waals surface area (Å²) in [6.45, 7) is 0. The molecule has 0 unspecified atom stereocenters. The summed E-state index contributed by atoms with van der Waals surface area (Å²) < 4.78 is 53.5. The minimum absolute atomic E-state index is 0.